The van der Waals surface area contributed by atoms with E-state index in [0.717, 1.165) is 22.5 Å². The average molecular weight is 326 g/mol. The minimum atomic E-state index is -0.611. The summed E-state index contributed by atoms with van der Waals surface area (Å²) < 4.78 is -0.00437. The molecule has 0 bridgehead atoms. The molecule has 0 saturated heterocycles. The Morgan fingerprint density at radius 1 is 1.38 bits per heavy atom. The van der Waals surface area contributed by atoms with Crippen molar-refractivity contribution in [2.45, 2.75) is 13.1 Å². The van der Waals surface area contributed by atoms with Gasteiger partial charge in [-0.25, -0.2) is 0 Å². The van der Waals surface area contributed by atoms with Crippen LogP contribution in [0.15, 0.2) is 30.3 Å². The third kappa shape index (κ3) is 3.78. The van der Waals surface area contributed by atoms with Crippen molar-refractivity contribution in [3.05, 3.63) is 60.8 Å². The molecule has 0 spiro atoms. The van der Waals surface area contributed by atoms with Crippen LogP contribution in [0.2, 0.25) is 4.34 Å². The molecule has 1 amide bonds. The first kappa shape index (κ1) is 15.4. The highest BCUT2D eigenvalue weighted by atomic mass is 35.5. The van der Waals surface area contributed by atoms with Gasteiger partial charge in [-0.05, 0) is 11.1 Å². The highest BCUT2D eigenvalue weighted by Gasteiger charge is 2.20. The quantitative estimate of drug-likeness (QED) is 0.652. The smallest absolute Gasteiger partial charge is 0.299 e. The molecular weight excluding hydrogens is 314 g/mol. The lowest BCUT2D eigenvalue weighted by atomic mass is 10.1. The van der Waals surface area contributed by atoms with Crippen LogP contribution in [0.5, 0.6) is 0 Å². The Bertz CT molecular complexity index is 687. The number of hydrogen-bond donors (Lipinski definition) is 2. The van der Waals surface area contributed by atoms with Crippen LogP contribution in [0.25, 0.3) is 0 Å². The molecule has 1 aromatic carbocycles. The van der Waals surface area contributed by atoms with Gasteiger partial charge in [-0.15, -0.1) is 11.3 Å². The Labute approximate surface area is 129 Å². The summed E-state index contributed by atoms with van der Waals surface area (Å²) in [5.41, 5.74) is 7.17. The molecule has 21 heavy (non-hydrogen) atoms. The minimum Gasteiger partial charge on any atom is -0.347 e. The van der Waals surface area contributed by atoms with E-state index in [9.17, 15) is 14.9 Å². The summed E-state index contributed by atoms with van der Waals surface area (Å²) in [6, 6.07) is 8.69. The predicted molar refractivity (Wildman–Crippen MR) is 81.5 cm³/mol. The van der Waals surface area contributed by atoms with Crippen LogP contribution in [0, 0.1) is 10.1 Å². The van der Waals surface area contributed by atoms with Gasteiger partial charge >= 0.3 is 0 Å². The molecule has 0 aliphatic heterocycles. The summed E-state index contributed by atoms with van der Waals surface area (Å²) in [6.07, 6.45) is 0. The summed E-state index contributed by atoms with van der Waals surface area (Å²) in [5, 5.41) is 13.4. The van der Waals surface area contributed by atoms with Gasteiger partial charge in [0.05, 0.1) is 4.92 Å². The standard InChI is InChI=1S/C13H12ClN3O3S/c14-12-10(17(19)20)5-11(21-12)13(18)16-7-9-3-1-2-8(4-9)6-15/h1-5H,6-7,15H2,(H,16,18). The van der Waals surface area contributed by atoms with Crippen LogP contribution in [-0.4, -0.2) is 10.8 Å². The van der Waals surface area contributed by atoms with Gasteiger partial charge in [0.1, 0.15) is 4.88 Å². The third-order valence-electron chi connectivity index (χ3n) is 2.77. The molecule has 110 valence electrons. The van der Waals surface area contributed by atoms with Crippen molar-refractivity contribution >= 4 is 34.5 Å². The fraction of sp³-hybridized carbons (Fsp3) is 0.154. The average Bonchev–Trinajstić information content (AvgIpc) is 2.87. The zero-order valence-corrected chi connectivity index (χ0v) is 12.4. The predicted octanol–water partition coefficient (Wildman–Crippen LogP) is 2.70. The molecule has 1 aromatic heterocycles. The Balaban J connectivity index is 2.04. The van der Waals surface area contributed by atoms with E-state index in [2.05, 4.69) is 5.32 Å². The molecule has 0 aliphatic rings. The maximum absolute atomic E-state index is 12.0. The van der Waals surface area contributed by atoms with Gasteiger partial charge in [0, 0.05) is 19.2 Å². The van der Waals surface area contributed by atoms with E-state index in [-0.39, 0.29) is 14.9 Å². The molecule has 8 heteroatoms. The Morgan fingerprint density at radius 2 is 2.10 bits per heavy atom. The van der Waals surface area contributed by atoms with Gasteiger partial charge in [-0.2, -0.15) is 0 Å². The fourth-order valence-corrected chi connectivity index (χ4v) is 2.87. The van der Waals surface area contributed by atoms with Crippen molar-refractivity contribution in [1.29, 1.82) is 0 Å². The Morgan fingerprint density at radius 3 is 2.71 bits per heavy atom. The van der Waals surface area contributed by atoms with Gasteiger partial charge < -0.3 is 11.1 Å². The van der Waals surface area contributed by atoms with E-state index in [1.807, 2.05) is 24.3 Å². The third-order valence-corrected chi connectivity index (χ3v) is 4.11. The molecule has 2 aromatic rings. The number of benzene rings is 1. The van der Waals surface area contributed by atoms with Crippen LogP contribution in [0.3, 0.4) is 0 Å². The van der Waals surface area contributed by atoms with Gasteiger partial charge in [0.25, 0.3) is 11.6 Å². The molecule has 0 unspecified atom stereocenters. The molecule has 0 radical (unpaired) electrons. The largest absolute Gasteiger partial charge is 0.347 e. The number of carbonyl (C=O) groups excluding carboxylic acids is 1. The van der Waals surface area contributed by atoms with Gasteiger partial charge in [0.15, 0.2) is 4.34 Å². The molecule has 1 heterocycles. The van der Waals surface area contributed by atoms with Gasteiger partial charge in [0.2, 0.25) is 0 Å². The van der Waals surface area contributed by atoms with Crippen LogP contribution >= 0.6 is 22.9 Å². The number of nitrogens with two attached hydrogens (primary N) is 1. The first-order chi connectivity index (χ1) is 10.0. The molecule has 0 fully saturated rings. The molecule has 3 N–H and O–H groups in total. The number of hydrogen-bond acceptors (Lipinski definition) is 5. The lowest BCUT2D eigenvalue weighted by molar-refractivity contribution is -0.384. The van der Waals surface area contributed by atoms with E-state index >= 15 is 0 Å². The second-order valence-corrected chi connectivity index (χ2v) is 5.89. The maximum Gasteiger partial charge on any atom is 0.299 e. The maximum atomic E-state index is 12.0. The first-order valence-corrected chi connectivity index (χ1v) is 7.20. The van der Waals surface area contributed by atoms with E-state index < -0.39 is 10.8 Å². The van der Waals surface area contributed by atoms with Crippen LogP contribution < -0.4 is 11.1 Å². The number of carbonyl (C=O) groups is 1. The van der Waals surface area contributed by atoms with Crippen molar-refractivity contribution in [3.63, 3.8) is 0 Å². The van der Waals surface area contributed by atoms with Crippen LogP contribution in [0.1, 0.15) is 20.8 Å². The van der Waals surface area contributed by atoms with E-state index in [0.29, 0.717) is 13.1 Å². The second-order valence-electron chi connectivity index (χ2n) is 4.23. The number of nitrogens with one attached hydrogen (secondary N) is 1. The molecular formula is C13H12ClN3O3S. The number of nitrogens with zero attached hydrogens (tertiary/aromatic N) is 1. The number of rotatable bonds is 5. The first-order valence-electron chi connectivity index (χ1n) is 6.01. The summed E-state index contributed by atoms with van der Waals surface area (Å²) in [6.45, 7) is 0.741. The normalized spacial score (nSPS) is 10.4. The van der Waals surface area contributed by atoms with Gasteiger partial charge in [-0.3, -0.25) is 14.9 Å². The Hall–Kier alpha value is -1.96. The molecule has 2 rings (SSSR count). The zero-order chi connectivity index (χ0) is 15.4. The number of amides is 1. The van der Waals surface area contributed by atoms with E-state index in [4.69, 9.17) is 17.3 Å². The summed E-state index contributed by atoms with van der Waals surface area (Å²) in [4.78, 5) is 22.2. The highest BCUT2D eigenvalue weighted by Crippen LogP contribution is 2.33. The molecule has 6 nitrogen and oxygen atoms in total. The summed E-state index contributed by atoms with van der Waals surface area (Å²) in [7, 11) is 0. The summed E-state index contributed by atoms with van der Waals surface area (Å²) >= 11 is 6.61. The van der Waals surface area contributed by atoms with Crippen molar-refractivity contribution in [2.75, 3.05) is 0 Å². The Kier molecular flexibility index (Phi) is 4.89. The lowest BCUT2D eigenvalue weighted by Crippen LogP contribution is -2.21. The number of nitro groups is 1. The topological polar surface area (TPSA) is 98.3 Å². The van der Waals surface area contributed by atoms with E-state index in [1.165, 1.54) is 6.07 Å². The van der Waals surface area contributed by atoms with Gasteiger partial charge in [-0.1, -0.05) is 35.9 Å². The minimum absolute atomic E-state index is 0.00437. The highest BCUT2D eigenvalue weighted by molar-refractivity contribution is 7.18. The second kappa shape index (κ2) is 6.66. The van der Waals surface area contributed by atoms with Crippen molar-refractivity contribution in [2.24, 2.45) is 5.73 Å². The number of halogens is 1. The van der Waals surface area contributed by atoms with Crippen molar-refractivity contribution < 1.29 is 9.72 Å². The van der Waals surface area contributed by atoms with E-state index in [1.54, 1.807) is 0 Å². The number of thiophene rings is 1. The SMILES string of the molecule is NCc1cccc(CNC(=O)c2cc([N+](=O)[O-])c(Cl)s2)c1. The monoisotopic (exact) mass is 325 g/mol. The molecule has 0 atom stereocenters. The van der Waals surface area contributed by atoms with Crippen LogP contribution in [0.4, 0.5) is 5.69 Å². The van der Waals surface area contributed by atoms with Crippen molar-refractivity contribution in [3.8, 4) is 0 Å². The lowest BCUT2D eigenvalue weighted by Gasteiger charge is -2.05. The molecule has 0 aliphatic carbocycles. The van der Waals surface area contributed by atoms with Crippen LogP contribution in [-0.2, 0) is 13.1 Å². The molecule has 0 saturated carbocycles. The van der Waals surface area contributed by atoms with Crippen molar-refractivity contribution in [1.82, 2.24) is 5.32 Å². The summed E-state index contributed by atoms with van der Waals surface area (Å²) in [5.74, 6) is -0.395. The zero-order valence-electron chi connectivity index (χ0n) is 10.8. The fourth-order valence-electron chi connectivity index (χ4n) is 1.73.